The molecule has 0 unspecified atom stereocenters. The van der Waals surface area contributed by atoms with Crippen LogP contribution in [0, 0.1) is 5.92 Å². The zero-order valence-corrected chi connectivity index (χ0v) is 7.31. The molecule has 0 aromatic heterocycles. The number of hydrogen-bond acceptors (Lipinski definition) is 1. The maximum absolute atomic E-state index is 10.4. The summed E-state index contributed by atoms with van der Waals surface area (Å²) in [6.45, 7) is 6.03. The van der Waals surface area contributed by atoms with Crippen molar-refractivity contribution in [2.24, 2.45) is 5.92 Å². The fourth-order valence-corrected chi connectivity index (χ4v) is 1.48. The molecule has 0 saturated heterocycles. The average Bonchev–Trinajstić information content (AvgIpc) is 1.61. The van der Waals surface area contributed by atoms with Crippen molar-refractivity contribution in [1.82, 2.24) is 0 Å². The number of rotatable bonds is 3. The summed E-state index contributed by atoms with van der Waals surface area (Å²) in [5.41, 5.74) is 0. The average molecular weight is 130 g/mol. The van der Waals surface area contributed by atoms with E-state index in [1.807, 2.05) is 0 Å². The smallest absolute Gasteiger partial charge is 0.101 e. The fraction of sp³-hybridized carbons (Fsp3) is 0.833. The Morgan fingerprint density at radius 1 is 1.62 bits per heavy atom. The van der Waals surface area contributed by atoms with Gasteiger partial charge in [0.15, 0.2) is 0 Å². The first-order valence-corrected chi connectivity index (χ1v) is 4.83. The molecule has 0 N–H and O–H groups in total. The third kappa shape index (κ3) is 5.89. The Balaban J connectivity index is 3.05. The van der Waals surface area contributed by atoms with Crippen LogP contribution in [-0.4, -0.2) is 14.9 Å². The molecule has 0 spiro atoms. The van der Waals surface area contributed by atoms with Gasteiger partial charge in [-0.2, -0.15) is 0 Å². The van der Waals surface area contributed by atoms with Crippen molar-refractivity contribution in [1.29, 1.82) is 0 Å². The second-order valence-corrected chi connectivity index (χ2v) is 4.71. The summed E-state index contributed by atoms with van der Waals surface area (Å²) in [4.78, 5) is 10.4. The first-order chi connectivity index (χ1) is 3.63. The van der Waals surface area contributed by atoms with Gasteiger partial charge in [0, 0.05) is 0 Å². The van der Waals surface area contributed by atoms with Crippen LogP contribution >= 0.6 is 0 Å². The largest absolute Gasteiger partial charge is 0.307 e. The van der Waals surface area contributed by atoms with Crippen LogP contribution in [0.1, 0.15) is 20.8 Å². The standard InChI is InChI=1S/C6H14OSi/c1-5(2)4-8-6(3)7/h5H,4,8H2,1-3H3. The highest BCUT2D eigenvalue weighted by atomic mass is 28.2. The summed E-state index contributed by atoms with van der Waals surface area (Å²) in [5, 5.41) is 0.443. The Morgan fingerprint density at radius 2 is 2.12 bits per heavy atom. The second kappa shape index (κ2) is 3.84. The Morgan fingerprint density at radius 3 is 2.25 bits per heavy atom. The molecule has 0 bridgehead atoms. The molecule has 0 fully saturated rings. The van der Waals surface area contributed by atoms with Crippen LogP contribution in [0.25, 0.3) is 0 Å². The molecule has 0 aromatic rings. The van der Waals surface area contributed by atoms with Crippen LogP contribution in [-0.2, 0) is 4.79 Å². The maximum Gasteiger partial charge on any atom is 0.101 e. The number of carbonyl (C=O) groups is 1. The van der Waals surface area contributed by atoms with E-state index in [9.17, 15) is 4.79 Å². The van der Waals surface area contributed by atoms with E-state index in [1.165, 1.54) is 6.04 Å². The molecule has 0 amide bonds. The molecule has 0 heterocycles. The van der Waals surface area contributed by atoms with Gasteiger partial charge in [0.05, 0.1) is 0 Å². The lowest BCUT2D eigenvalue weighted by Gasteiger charge is -1.97. The van der Waals surface area contributed by atoms with Gasteiger partial charge in [-0.25, -0.2) is 0 Å². The molecule has 2 heteroatoms. The zero-order chi connectivity index (χ0) is 6.57. The van der Waals surface area contributed by atoms with Crippen LogP contribution in [0.5, 0.6) is 0 Å². The van der Waals surface area contributed by atoms with E-state index in [4.69, 9.17) is 0 Å². The third-order valence-corrected chi connectivity index (χ3v) is 3.22. The van der Waals surface area contributed by atoms with E-state index in [-0.39, 0.29) is 9.52 Å². The zero-order valence-electron chi connectivity index (χ0n) is 5.90. The predicted molar refractivity (Wildman–Crippen MR) is 38.9 cm³/mol. The topological polar surface area (TPSA) is 17.1 Å². The number of carbonyl (C=O) groups excluding carboxylic acids is 1. The van der Waals surface area contributed by atoms with Crippen molar-refractivity contribution < 1.29 is 4.79 Å². The van der Waals surface area contributed by atoms with E-state index < -0.39 is 0 Å². The normalized spacial score (nSPS) is 11.5. The minimum Gasteiger partial charge on any atom is -0.307 e. The van der Waals surface area contributed by atoms with Crippen LogP contribution < -0.4 is 0 Å². The van der Waals surface area contributed by atoms with Crippen molar-refractivity contribution in [3.63, 3.8) is 0 Å². The molecule has 0 rings (SSSR count). The van der Waals surface area contributed by atoms with Crippen molar-refractivity contribution in [2.45, 2.75) is 26.8 Å². The summed E-state index contributed by atoms with van der Waals surface area (Å²) >= 11 is 0. The molecule has 0 aliphatic heterocycles. The molecule has 0 aromatic carbocycles. The Hall–Kier alpha value is -0.113. The van der Waals surface area contributed by atoms with Crippen LogP contribution in [0.4, 0.5) is 0 Å². The van der Waals surface area contributed by atoms with Gasteiger partial charge < -0.3 is 4.79 Å². The van der Waals surface area contributed by atoms with Crippen molar-refractivity contribution in [2.75, 3.05) is 0 Å². The summed E-state index contributed by atoms with van der Waals surface area (Å²) in [7, 11) is -0.340. The quantitative estimate of drug-likeness (QED) is 0.516. The Bertz CT molecular complexity index is 78.6. The van der Waals surface area contributed by atoms with E-state index in [0.717, 1.165) is 5.92 Å². The lowest BCUT2D eigenvalue weighted by atomic mass is 10.3. The molecule has 0 atom stereocenters. The highest BCUT2D eigenvalue weighted by Gasteiger charge is 1.96. The molecular formula is C6H14OSi. The van der Waals surface area contributed by atoms with Gasteiger partial charge in [-0.05, 0) is 12.8 Å². The van der Waals surface area contributed by atoms with Gasteiger partial charge in [0.2, 0.25) is 0 Å². The molecule has 0 aliphatic rings. The summed E-state index contributed by atoms with van der Waals surface area (Å²) in [6, 6.07) is 1.18. The lowest BCUT2D eigenvalue weighted by molar-refractivity contribution is -0.110. The Kier molecular flexibility index (Phi) is 3.78. The molecule has 0 aliphatic carbocycles. The molecule has 0 radical (unpaired) electrons. The maximum atomic E-state index is 10.4. The van der Waals surface area contributed by atoms with Crippen molar-refractivity contribution in [3.8, 4) is 0 Å². The lowest BCUT2D eigenvalue weighted by Crippen LogP contribution is -2.05. The van der Waals surface area contributed by atoms with Crippen LogP contribution in [0.3, 0.4) is 0 Å². The summed E-state index contributed by atoms with van der Waals surface area (Å²) < 4.78 is 0. The fourth-order valence-electron chi connectivity index (χ4n) is 0.492. The summed E-state index contributed by atoms with van der Waals surface area (Å²) in [6.07, 6.45) is 0. The molecule has 1 nitrogen and oxygen atoms in total. The van der Waals surface area contributed by atoms with Gasteiger partial charge in [-0.1, -0.05) is 19.9 Å². The van der Waals surface area contributed by atoms with E-state index >= 15 is 0 Å². The summed E-state index contributed by atoms with van der Waals surface area (Å²) in [5.74, 6) is 0.727. The first-order valence-electron chi connectivity index (χ1n) is 3.12. The van der Waals surface area contributed by atoms with Gasteiger partial charge >= 0.3 is 0 Å². The molecule has 8 heavy (non-hydrogen) atoms. The van der Waals surface area contributed by atoms with Crippen LogP contribution in [0.2, 0.25) is 6.04 Å². The van der Waals surface area contributed by atoms with Crippen molar-refractivity contribution >= 4 is 14.9 Å². The third-order valence-electron chi connectivity index (χ3n) is 1.07. The minimum absolute atomic E-state index is 0.340. The first kappa shape index (κ1) is 7.89. The monoisotopic (exact) mass is 130 g/mol. The van der Waals surface area contributed by atoms with Gasteiger partial charge in [0.25, 0.3) is 0 Å². The van der Waals surface area contributed by atoms with Crippen molar-refractivity contribution in [3.05, 3.63) is 0 Å². The van der Waals surface area contributed by atoms with Gasteiger partial charge in [-0.3, -0.25) is 0 Å². The Labute approximate surface area is 53.3 Å². The van der Waals surface area contributed by atoms with Gasteiger partial charge in [-0.15, -0.1) is 0 Å². The van der Waals surface area contributed by atoms with Gasteiger partial charge in [0.1, 0.15) is 14.9 Å². The predicted octanol–water partition coefficient (Wildman–Crippen LogP) is 0.776. The highest BCUT2D eigenvalue weighted by molar-refractivity contribution is 6.73. The SMILES string of the molecule is CC(=O)[SiH2]CC(C)C. The minimum atomic E-state index is -0.340. The van der Waals surface area contributed by atoms with Crippen LogP contribution in [0.15, 0.2) is 0 Å². The molecular weight excluding hydrogens is 116 g/mol. The van der Waals surface area contributed by atoms with E-state index in [1.54, 1.807) is 6.92 Å². The highest BCUT2D eigenvalue weighted by Crippen LogP contribution is 1.97. The second-order valence-electron chi connectivity index (χ2n) is 2.63. The molecule has 48 valence electrons. The molecule has 0 saturated carbocycles. The van der Waals surface area contributed by atoms with E-state index in [0.29, 0.717) is 5.41 Å². The number of hydrogen-bond donors (Lipinski definition) is 0. The van der Waals surface area contributed by atoms with E-state index in [2.05, 4.69) is 13.8 Å².